The van der Waals surface area contributed by atoms with Gasteiger partial charge in [0.25, 0.3) is 5.91 Å². The largest absolute Gasteiger partial charge is 0.490 e. The summed E-state index contributed by atoms with van der Waals surface area (Å²) in [6.45, 7) is 13.0. The minimum absolute atomic E-state index is 0.0794. The Labute approximate surface area is 286 Å². The zero-order valence-electron chi connectivity index (χ0n) is 28.1. The van der Waals surface area contributed by atoms with Gasteiger partial charge in [0.05, 0.1) is 18.5 Å². The fourth-order valence-corrected chi connectivity index (χ4v) is 7.74. The number of hydrogen-bond acceptors (Lipinski definition) is 9. The van der Waals surface area contributed by atoms with Crippen LogP contribution >= 0.6 is 11.8 Å². The molecule has 12 heteroatoms. The van der Waals surface area contributed by atoms with E-state index in [2.05, 4.69) is 17.2 Å². The van der Waals surface area contributed by atoms with E-state index < -0.39 is 47.3 Å². The molecular weight excluding hydrogens is 634 g/mol. The van der Waals surface area contributed by atoms with Crippen molar-refractivity contribution >= 4 is 29.7 Å². The maximum Gasteiger partial charge on any atom is 0.407 e. The molecule has 0 aliphatic carbocycles. The van der Waals surface area contributed by atoms with Crippen LogP contribution in [-0.4, -0.2) is 88.9 Å². The molecule has 0 radical (unpaired) electrons. The number of aryl methyl sites for hydroxylation is 2. The lowest BCUT2D eigenvalue weighted by molar-refractivity contribution is -0.152. The summed E-state index contributed by atoms with van der Waals surface area (Å²) in [5, 5.41) is 17.4. The van der Waals surface area contributed by atoms with Gasteiger partial charge in [0.2, 0.25) is 5.91 Å². The lowest BCUT2D eigenvalue weighted by atomic mass is 9.96. The normalized spacial score (nSPS) is 24.2. The molecule has 0 unspecified atom stereocenters. The lowest BCUT2D eigenvalue weighted by Crippen LogP contribution is -2.58. The van der Waals surface area contributed by atoms with Crippen molar-refractivity contribution in [3.05, 3.63) is 77.4 Å². The molecule has 11 nitrogen and oxygen atoms in total. The molecule has 3 N–H and O–H groups in total. The number of ether oxygens (including phenoxy) is 4. The molecule has 2 aromatic rings. The number of nitrogens with one attached hydrogen (secondary N) is 2. The van der Waals surface area contributed by atoms with Crippen molar-refractivity contribution in [1.29, 1.82) is 0 Å². The van der Waals surface area contributed by atoms with Crippen molar-refractivity contribution in [3.8, 4) is 5.75 Å². The third kappa shape index (κ3) is 8.34. The van der Waals surface area contributed by atoms with E-state index in [-0.39, 0.29) is 30.7 Å². The number of carbonyl (C=O) groups is 3. The smallest absolute Gasteiger partial charge is 0.407 e. The highest BCUT2D eigenvalue weighted by Crippen LogP contribution is 2.40. The van der Waals surface area contributed by atoms with Gasteiger partial charge in [0.15, 0.2) is 12.4 Å². The van der Waals surface area contributed by atoms with Gasteiger partial charge in [0, 0.05) is 23.8 Å². The van der Waals surface area contributed by atoms with Crippen LogP contribution < -0.4 is 15.4 Å². The number of alkyl carbamates (subject to hydrolysis) is 1. The van der Waals surface area contributed by atoms with Crippen molar-refractivity contribution in [3.63, 3.8) is 0 Å². The molecular formula is C36H47N3O8S. The third-order valence-electron chi connectivity index (χ3n) is 9.32. The first-order valence-corrected chi connectivity index (χ1v) is 17.5. The van der Waals surface area contributed by atoms with Gasteiger partial charge in [-0.2, -0.15) is 0 Å². The summed E-state index contributed by atoms with van der Waals surface area (Å²) in [7, 11) is 0. The number of benzene rings is 2. The fourth-order valence-electron chi connectivity index (χ4n) is 6.60. The van der Waals surface area contributed by atoms with E-state index >= 15 is 0 Å². The minimum Gasteiger partial charge on any atom is -0.490 e. The van der Waals surface area contributed by atoms with Crippen molar-refractivity contribution in [2.24, 2.45) is 5.92 Å². The Bertz CT molecular complexity index is 1450. The number of fused-ring (bicyclic) bond motifs is 1. The fraction of sp³-hybridized carbons (Fsp3) is 0.528. The van der Waals surface area contributed by atoms with Crippen molar-refractivity contribution in [2.75, 3.05) is 25.7 Å². The van der Waals surface area contributed by atoms with Crippen LogP contribution in [0.25, 0.3) is 0 Å². The number of rotatable bonds is 12. The minimum atomic E-state index is -1.66. The Morgan fingerprint density at radius 2 is 1.88 bits per heavy atom. The van der Waals surface area contributed by atoms with Crippen LogP contribution in [0.1, 0.15) is 48.9 Å². The Kier molecular flexibility index (Phi) is 11.7. The van der Waals surface area contributed by atoms with Gasteiger partial charge in [-0.3, -0.25) is 9.59 Å². The number of nitrogens with zero attached hydrogens (tertiary/aromatic N) is 1. The summed E-state index contributed by atoms with van der Waals surface area (Å²) in [5.41, 5.74) is 3.91. The first kappa shape index (κ1) is 35.7. The van der Waals surface area contributed by atoms with E-state index in [1.165, 1.54) is 16.7 Å². The molecule has 3 heterocycles. The number of aliphatic hydroxyl groups is 1. The van der Waals surface area contributed by atoms with Crippen LogP contribution in [0, 0.1) is 19.8 Å². The molecule has 3 aliphatic heterocycles. The average Bonchev–Trinajstić information content (AvgIpc) is 3.62. The topological polar surface area (TPSA) is 136 Å². The highest BCUT2D eigenvalue weighted by Gasteiger charge is 2.50. The molecule has 0 spiro atoms. The van der Waals surface area contributed by atoms with E-state index in [1.54, 1.807) is 18.2 Å². The number of amides is 3. The summed E-state index contributed by atoms with van der Waals surface area (Å²) < 4.78 is 22.1. The number of hydrogen-bond donors (Lipinski definition) is 3. The standard InChI is InChI=1S/C36H47N3O8S/c1-6-16-44-25-14-12-24(13-15-25)18-28(38-35(43)47-29-20-46-34-26(29)11-8-17-45-34)30(40)33(42)39-21-48-36(4,5)31(39)32(41)37-19-27-22(2)9-7-10-23(27)3/h6-7,9-10,12-15,26,28-31,34,40H,1,8,11,16-21H2,2-5H3,(H,37,41)(H,38,43)/t26-,28+,29-,30+,31-,34+/m1/s1. The number of aliphatic hydroxyl groups excluding tert-OH is 1. The molecule has 260 valence electrons. The molecule has 48 heavy (non-hydrogen) atoms. The summed E-state index contributed by atoms with van der Waals surface area (Å²) in [6.07, 6.45) is 0.0723. The van der Waals surface area contributed by atoms with Gasteiger partial charge in [0.1, 0.15) is 24.5 Å². The van der Waals surface area contributed by atoms with Gasteiger partial charge < -0.3 is 39.6 Å². The van der Waals surface area contributed by atoms with Crippen LogP contribution in [0.5, 0.6) is 5.75 Å². The Morgan fingerprint density at radius 3 is 2.58 bits per heavy atom. The molecule has 0 aromatic heterocycles. The molecule has 5 rings (SSSR count). The summed E-state index contributed by atoms with van der Waals surface area (Å²) in [6, 6.07) is 11.2. The van der Waals surface area contributed by atoms with Crippen molar-refractivity contribution in [1.82, 2.24) is 15.5 Å². The van der Waals surface area contributed by atoms with Crippen LogP contribution in [-0.2, 0) is 36.8 Å². The molecule has 3 fully saturated rings. The zero-order chi connectivity index (χ0) is 34.4. The van der Waals surface area contributed by atoms with E-state index in [4.69, 9.17) is 18.9 Å². The highest BCUT2D eigenvalue weighted by atomic mass is 32.2. The second-order valence-corrected chi connectivity index (χ2v) is 14.7. The molecule has 0 saturated carbocycles. The Balaban J connectivity index is 1.31. The monoisotopic (exact) mass is 681 g/mol. The average molecular weight is 682 g/mol. The molecule has 0 bridgehead atoms. The number of carbonyl (C=O) groups excluding carboxylic acids is 3. The lowest BCUT2D eigenvalue weighted by Gasteiger charge is -2.33. The third-order valence-corrected chi connectivity index (χ3v) is 10.7. The van der Waals surface area contributed by atoms with Gasteiger partial charge in [-0.15, -0.1) is 11.8 Å². The summed E-state index contributed by atoms with van der Waals surface area (Å²) >= 11 is 1.46. The van der Waals surface area contributed by atoms with E-state index in [9.17, 15) is 19.5 Å². The zero-order valence-corrected chi connectivity index (χ0v) is 28.9. The van der Waals surface area contributed by atoms with Gasteiger partial charge in [-0.1, -0.05) is 43.0 Å². The molecule has 3 saturated heterocycles. The van der Waals surface area contributed by atoms with E-state index in [0.29, 0.717) is 25.5 Å². The second-order valence-electron chi connectivity index (χ2n) is 13.1. The molecule has 3 aliphatic rings. The van der Waals surface area contributed by atoms with E-state index in [0.717, 1.165) is 35.1 Å². The SMILES string of the molecule is C=CCOc1ccc(C[C@H](NC(=O)O[C@@H]2CO[C@@H]3OCCC[C@@H]32)[C@H](O)C(=O)N2CSC(C)(C)[C@H]2C(=O)NCc2c(C)cccc2C)cc1. The van der Waals surface area contributed by atoms with Crippen molar-refractivity contribution in [2.45, 2.75) is 88.8 Å². The quantitative estimate of drug-likeness (QED) is 0.284. The van der Waals surface area contributed by atoms with Crippen molar-refractivity contribution < 1.29 is 38.4 Å². The summed E-state index contributed by atoms with van der Waals surface area (Å²) in [5.74, 6) is -0.196. The van der Waals surface area contributed by atoms with Crippen LogP contribution in [0.15, 0.2) is 55.1 Å². The molecule has 3 amide bonds. The second kappa shape index (κ2) is 15.8. The van der Waals surface area contributed by atoms with Gasteiger partial charge in [-0.25, -0.2) is 4.79 Å². The molecule has 2 aromatic carbocycles. The van der Waals surface area contributed by atoms with Crippen LogP contribution in [0.4, 0.5) is 4.79 Å². The summed E-state index contributed by atoms with van der Waals surface area (Å²) in [4.78, 5) is 42.5. The Hall–Kier alpha value is -3.58. The maximum atomic E-state index is 14.1. The Morgan fingerprint density at radius 1 is 1.15 bits per heavy atom. The molecule has 6 atom stereocenters. The number of thioether (sulfide) groups is 1. The maximum absolute atomic E-state index is 14.1. The van der Waals surface area contributed by atoms with Gasteiger partial charge >= 0.3 is 6.09 Å². The first-order chi connectivity index (χ1) is 23.0. The highest BCUT2D eigenvalue weighted by molar-refractivity contribution is 8.00. The van der Waals surface area contributed by atoms with Gasteiger partial charge in [-0.05, 0) is 81.3 Å². The van der Waals surface area contributed by atoms with Crippen LogP contribution in [0.3, 0.4) is 0 Å². The van der Waals surface area contributed by atoms with Crippen LogP contribution in [0.2, 0.25) is 0 Å². The predicted molar refractivity (Wildman–Crippen MR) is 182 cm³/mol. The van der Waals surface area contributed by atoms with E-state index in [1.807, 2.05) is 58.0 Å². The first-order valence-electron chi connectivity index (χ1n) is 16.5. The predicted octanol–water partition coefficient (Wildman–Crippen LogP) is 4.01.